The normalized spacial score (nSPS) is 10.1. The fraction of sp³-hybridized carbons (Fsp3) is 0.240. The molecule has 6 nitrogen and oxygen atoms in total. The lowest BCUT2D eigenvalue weighted by Gasteiger charge is -2.15. The van der Waals surface area contributed by atoms with Crippen LogP contribution in [0.15, 0.2) is 54.1 Å². The van der Waals surface area contributed by atoms with Gasteiger partial charge in [-0.15, -0.1) is 0 Å². The molecule has 0 fully saturated rings. The molecular formula is C25H26O6. The molecule has 6 heteroatoms. The van der Waals surface area contributed by atoms with Gasteiger partial charge in [-0.2, -0.15) is 0 Å². The Hall–Kier alpha value is -3.67. The Bertz CT molecular complexity index is 1040. The van der Waals surface area contributed by atoms with Crippen molar-refractivity contribution in [3.8, 4) is 28.4 Å². The Balaban J connectivity index is 2.51. The number of carbonyl (C=O) groups is 3. The minimum Gasteiger partial charge on any atom is -0.496 e. The molecule has 0 aromatic heterocycles. The summed E-state index contributed by atoms with van der Waals surface area (Å²) in [6.07, 6.45) is 1.90. The van der Waals surface area contributed by atoms with Gasteiger partial charge in [-0.1, -0.05) is 37.3 Å². The van der Waals surface area contributed by atoms with Gasteiger partial charge < -0.3 is 14.2 Å². The maximum Gasteiger partial charge on any atom is 0.379 e. The van der Waals surface area contributed by atoms with Crippen LogP contribution >= 0.6 is 0 Å². The minimum absolute atomic E-state index is 0.0597. The third kappa shape index (κ3) is 6.15. The predicted molar refractivity (Wildman–Crippen MR) is 119 cm³/mol. The number of ether oxygens (including phenoxy) is 3. The van der Waals surface area contributed by atoms with Gasteiger partial charge in [0.15, 0.2) is 0 Å². The van der Waals surface area contributed by atoms with Crippen LogP contribution < -0.4 is 14.2 Å². The first-order valence-corrected chi connectivity index (χ1v) is 9.76. The van der Waals surface area contributed by atoms with Gasteiger partial charge in [0.05, 0.1) is 7.11 Å². The SMILES string of the molecule is C=C(C)C(=O)Oc1ccc(-c2cc(OC(=O)C(=O)CC)c(C=C(C)C)cc2OC)cc1. The van der Waals surface area contributed by atoms with Crippen molar-refractivity contribution in [2.24, 2.45) is 0 Å². The van der Waals surface area contributed by atoms with Gasteiger partial charge in [0.25, 0.3) is 0 Å². The van der Waals surface area contributed by atoms with E-state index in [4.69, 9.17) is 14.2 Å². The molecule has 2 aromatic carbocycles. The number of benzene rings is 2. The number of carbonyl (C=O) groups excluding carboxylic acids is 3. The predicted octanol–water partition coefficient (Wildman–Crippen LogP) is 5.15. The van der Waals surface area contributed by atoms with Crippen LogP contribution in [-0.4, -0.2) is 24.8 Å². The molecular weight excluding hydrogens is 396 g/mol. The van der Waals surface area contributed by atoms with Gasteiger partial charge in [0.1, 0.15) is 17.2 Å². The van der Waals surface area contributed by atoms with Crippen molar-refractivity contribution in [1.29, 1.82) is 0 Å². The zero-order valence-electron chi connectivity index (χ0n) is 18.4. The minimum atomic E-state index is -0.913. The lowest BCUT2D eigenvalue weighted by Crippen LogP contribution is -2.19. The van der Waals surface area contributed by atoms with Gasteiger partial charge in [0.2, 0.25) is 5.78 Å². The summed E-state index contributed by atoms with van der Waals surface area (Å²) >= 11 is 0. The van der Waals surface area contributed by atoms with E-state index in [1.165, 1.54) is 0 Å². The van der Waals surface area contributed by atoms with E-state index in [-0.39, 0.29) is 12.2 Å². The van der Waals surface area contributed by atoms with Crippen LogP contribution in [0.25, 0.3) is 17.2 Å². The maximum atomic E-state index is 12.1. The molecule has 0 saturated heterocycles. The summed E-state index contributed by atoms with van der Waals surface area (Å²) in [4.78, 5) is 35.5. The molecule has 2 rings (SSSR count). The highest BCUT2D eigenvalue weighted by Gasteiger charge is 2.19. The van der Waals surface area contributed by atoms with Crippen molar-refractivity contribution in [2.75, 3.05) is 7.11 Å². The first-order chi connectivity index (χ1) is 14.7. The lowest BCUT2D eigenvalue weighted by atomic mass is 10.0. The van der Waals surface area contributed by atoms with Crippen LogP contribution in [0.1, 0.15) is 39.7 Å². The number of rotatable bonds is 8. The molecule has 0 radical (unpaired) electrons. The molecule has 0 unspecified atom stereocenters. The number of ketones is 1. The second kappa shape index (κ2) is 10.4. The van der Waals surface area contributed by atoms with Crippen molar-refractivity contribution in [3.63, 3.8) is 0 Å². The van der Waals surface area contributed by atoms with Crippen molar-refractivity contribution < 1.29 is 28.6 Å². The summed E-state index contributed by atoms with van der Waals surface area (Å²) in [6, 6.07) is 10.2. The Morgan fingerprint density at radius 3 is 2.10 bits per heavy atom. The second-order valence-electron chi connectivity index (χ2n) is 7.17. The third-order valence-corrected chi connectivity index (χ3v) is 4.25. The molecule has 0 aliphatic rings. The molecule has 0 saturated carbocycles. The van der Waals surface area contributed by atoms with Gasteiger partial charge in [0, 0.05) is 23.1 Å². The highest BCUT2D eigenvalue weighted by molar-refractivity contribution is 6.34. The number of hydrogen-bond donors (Lipinski definition) is 0. The quantitative estimate of drug-likeness (QED) is 0.253. The first-order valence-electron chi connectivity index (χ1n) is 9.76. The van der Waals surface area contributed by atoms with E-state index in [0.717, 1.165) is 11.1 Å². The van der Waals surface area contributed by atoms with E-state index < -0.39 is 17.7 Å². The number of hydrogen-bond acceptors (Lipinski definition) is 6. The Labute approximate surface area is 182 Å². The van der Waals surface area contributed by atoms with Gasteiger partial charge in [-0.3, -0.25) is 4.79 Å². The van der Waals surface area contributed by atoms with E-state index in [1.807, 2.05) is 19.9 Å². The average Bonchev–Trinajstić information content (AvgIpc) is 2.73. The van der Waals surface area contributed by atoms with Crippen LogP contribution in [0.3, 0.4) is 0 Å². The van der Waals surface area contributed by atoms with Crippen LogP contribution in [0.2, 0.25) is 0 Å². The Kier molecular flexibility index (Phi) is 7.91. The van der Waals surface area contributed by atoms with E-state index in [9.17, 15) is 14.4 Å². The molecule has 0 heterocycles. The standard InChI is InChI=1S/C25H26O6/c1-7-21(26)25(28)31-22-14-20(23(29-6)13-18(22)12-15(2)3)17-8-10-19(11-9-17)30-24(27)16(4)5/h8-14H,4,7H2,1-3,5-6H3. The van der Waals surface area contributed by atoms with E-state index in [2.05, 4.69) is 6.58 Å². The van der Waals surface area contributed by atoms with Crippen LogP contribution in [0.4, 0.5) is 0 Å². The topological polar surface area (TPSA) is 78.9 Å². The van der Waals surface area contributed by atoms with Gasteiger partial charge >= 0.3 is 11.9 Å². The molecule has 0 bridgehead atoms. The highest BCUT2D eigenvalue weighted by atomic mass is 16.5. The molecule has 0 amide bonds. The van der Waals surface area contributed by atoms with E-state index in [1.54, 1.807) is 57.4 Å². The summed E-state index contributed by atoms with van der Waals surface area (Å²) in [5.41, 5.74) is 3.30. The zero-order valence-corrected chi connectivity index (χ0v) is 18.4. The summed E-state index contributed by atoms with van der Waals surface area (Å²) in [5, 5.41) is 0. The monoisotopic (exact) mass is 422 g/mol. The molecule has 2 aromatic rings. The number of methoxy groups -OCH3 is 1. The number of esters is 2. The molecule has 0 atom stereocenters. The first kappa shape index (κ1) is 23.6. The smallest absolute Gasteiger partial charge is 0.379 e. The van der Waals surface area contributed by atoms with E-state index in [0.29, 0.717) is 28.2 Å². The second-order valence-corrected chi connectivity index (χ2v) is 7.17. The highest BCUT2D eigenvalue weighted by Crippen LogP contribution is 2.38. The zero-order chi connectivity index (χ0) is 23.1. The van der Waals surface area contributed by atoms with Crippen molar-refractivity contribution in [1.82, 2.24) is 0 Å². The summed E-state index contributed by atoms with van der Waals surface area (Å²) in [5.74, 6) is -0.848. The number of Topliss-reactive ketones (excluding diaryl/α,β-unsaturated/α-hetero) is 1. The Morgan fingerprint density at radius 2 is 1.58 bits per heavy atom. The van der Waals surface area contributed by atoms with Crippen LogP contribution in [0, 0.1) is 0 Å². The molecule has 0 spiro atoms. The van der Waals surface area contributed by atoms with Crippen molar-refractivity contribution in [3.05, 3.63) is 59.7 Å². The summed E-state index contributed by atoms with van der Waals surface area (Å²) < 4.78 is 16.2. The fourth-order valence-electron chi connectivity index (χ4n) is 2.68. The van der Waals surface area contributed by atoms with Gasteiger partial charge in [-0.05, 0) is 50.6 Å². The molecule has 31 heavy (non-hydrogen) atoms. The molecule has 0 aliphatic carbocycles. The fourth-order valence-corrected chi connectivity index (χ4v) is 2.68. The number of allylic oxidation sites excluding steroid dienone is 1. The van der Waals surface area contributed by atoms with Crippen LogP contribution in [0.5, 0.6) is 17.2 Å². The summed E-state index contributed by atoms with van der Waals surface area (Å²) in [6.45, 7) is 10.6. The maximum absolute atomic E-state index is 12.1. The third-order valence-electron chi connectivity index (χ3n) is 4.25. The van der Waals surface area contributed by atoms with Crippen molar-refractivity contribution >= 4 is 23.8 Å². The van der Waals surface area contributed by atoms with Crippen LogP contribution in [-0.2, 0) is 14.4 Å². The summed E-state index contributed by atoms with van der Waals surface area (Å²) in [7, 11) is 1.54. The average molecular weight is 422 g/mol. The van der Waals surface area contributed by atoms with E-state index >= 15 is 0 Å². The molecule has 162 valence electrons. The molecule has 0 aliphatic heterocycles. The molecule has 0 N–H and O–H groups in total. The van der Waals surface area contributed by atoms with Crippen molar-refractivity contribution in [2.45, 2.75) is 34.1 Å². The Morgan fingerprint density at radius 1 is 0.935 bits per heavy atom. The largest absolute Gasteiger partial charge is 0.496 e. The van der Waals surface area contributed by atoms with Gasteiger partial charge in [-0.25, -0.2) is 9.59 Å². The lowest BCUT2D eigenvalue weighted by molar-refractivity contribution is -0.146.